The Balaban J connectivity index is 1.74. The molecular weight excluding hydrogens is 360 g/mol. The monoisotopic (exact) mass is 394 g/mol. The summed E-state index contributed by atoms with van der Waals surface area (Å²) in [5, 5.41) is 2.95. The average molecular weight is 395 g/mol. The molecule has 1 amide bonds. The van der Waals surface area contributed by atoms with Gasteiger partial charge in [0.1, 0.15) is 5.60 Å². The van der Waals surface area contributed by atoms with Gasteiger partial charge in [-0.15, -0.1) is 0 Å². The molecule has 1 heterocycles. The lowest BCUT2D eigenvalue weighted by molar-refractivity contribution is 0.0636. The summed E-state index contributed by atoms with van der Waals surface area (Å²) in [7, 11) is 0. The predicted octanol–water partition coefficient (Wildman–Crippen LogP) is 5.65. The second-order valence-corrected chi connectivity index (χ2v) is 8.93. The van der Waals surface area contributed by atoms with Gasteiger partial charge in [-0.3, -0.25) is 5.32 Å². The quantitative estimate of drug-likeness (QED) is 0.688. The number of hydrogen-bond donors (Lipinski definition) is 1. The van der Waals surface area contributed by atoms with Gasteiger partial charge in [-0.05, 0) is 82.3 Å². The van der Waals surface area contributed by atoms with E-state index in [1.807, 2.05) is 32.9 Å². The first-order valence-electron chi connectivity index (χ1n) is 10.8. The molecule has 0 atom stereocenters. The zero-order chi connectivity index (χ0) is 20.7. The van der Waals surface area contributed by atoms with Crippen LogP contribution in [0.4, 0.5) is 10.5 Å². The lowest BCUT2D eigenvalue weighted by Crippen LogP contribution is -2.31. The molecule has 1 aliphatic rings. The van der Waals surface area contributed by atoms with Crippen molar-refractivity contribution in [2.45, 2.75) is 58.5 Å². The minimum Gasteiger partial charge on any atom is -0.444 e. The number of hydrogen-bond acceptors (Lipinski definition) is 3. The van der Waals surface area contributed by atoms with Gasteiger partial charge >= 0.3 is 6.09 Å². The molecular formula is C25H34N2O2. The summed E-state index contributed by atoms with van der Waals surface area (Å²) in [5.74, 6) is 0. The fourth-order valence-electron chi connectivity index (χ4n) is 3.77. The number of piperidine rings is 1. The van der Waals surface area contributed by atoms with Crippen molar-refractivity contribution in [3.05, 3.63) is 65.2 Å². The molecule has 0 aliphatic carbocycles. The molecule has 156 valence electrons. The van der Waals surface area contributed by atoms with Gasteiger partial charge in [-0.2, -0.15) is 0 Å². The van der Waals surface area contributed by atoms with Crippen LogP contribution in [-0.4, -0.2) is 36.2 Å². The molecule has 0 aromatic heterocycles. The van der Waals surface area contributed by atoms with Crippen LogP contribution in [0.25, 0.3) is 0 Å². The van der Waals surface area contributed by atoms with E-state index in [4.69, 9.17) is 4.74 Å². The Labute approximate surface area is 175 Å². The first-order chi connectivity index (χ1) is 13.9. The highest BCUT2D eigenvalue weighted by Gasteiger charge is 2.18. The van der Waals surface area contributed by atoms with Crippen LogP contribution in [0.5, 0.6) is 0 Å². The summed E-state index contributed by atoms with van der Waals surface area (Å²) in [6.07, 6.45) is 5.41. The molecule has 1 N–H and O–H groups in total. The third kappa shape index (κ3) is 7.21. The van der Waals surface area contributed by atoms with E-state index in [0.717, 1.165) is 30.6 Å². The van der Waals surface area contributed by atoms with Crippen LogP contribution in [0.15, 0.2) is 48.5 Å². The highest BCUT2D eigenvalue weighted by molar-refractivity contribution is 5.86. The van der Waals surface area contributed by atoms with E-state index >= 15 is 0 Å². The number of carbonyl (C=O) groups excluding carboxylic acids is 1. The van der Waals surface area contributed by atoms with Crippen LogP contribution in [-0.2, 0) is 17.6 Å². The van der Waals surface area contributed by atoms with Crippen LogP contribution >= 0.6 is 0 Å². The third-order valence-corrected chi connectivity index (χ3v) is 5.21. The number of benzene rings is 2. The summed E-state index contributed by atoms with van der Waals surface area (Å²) in [6, 6.07) is 16.8. The fraction of sp³-hybridized carbons (Fsp3) is 0.480. The van der Waals surface area contributed by atoms with Gasteiger partial charge in [0.05, 0.1) is 0 Å². The minimum absolute atomic E-state index is 0.409. The van der Waals surface area contributed by atoms with Gasteiger partial charge < -0.3 is 9.64 Å². The van der Waals surface area contributed by atoms with Crippen LogP contribution in [0, 0.1) is 0 Å². The van der Waals surface area contributed by atoms with Crippen molar-refractivity contribution in [2.24, 2.45) is 0 Å². The molecule has 0 radical (unpaired) electrons. The Bertz CT molecular complexity index is 790. The van der Waals surface area contributed by atoms with E-state index in [1.54, 1.807) is 0 Å². The summed E-state index contributed by atoms with van der Waals surface area (Å²) in [6.45, 7) is 9.16. The highest BCUT2D eigenvalue weighted by Crippen LogP contribution is 2.23. The van der Waals surface area contributed by atoms with E-state index in [9.17, 15) is 4.79 Å². The molecule has 3 rings (SSSR count). The van der Waals surface area contributed by atoms with Crippen LogP contribution < -0.4 is 5.32 Å². The van der Waals surface area contributed by atoms with Crippen LogP contribution in [0.1, 0.15) is 56.7 Å². The van der Waals surface area contributed by atoms with Crippen molar-refractivity contribution in [2.75, 3.05) is 25.0 Å². The first kappa shape index (κ1) is 21.4. The van der Waals surface area contributed by atoms with Crippen LogP contribution in [0.2, 0.25) is 0 Å². The summed E-state index contributed by atoms with van der Waals surface area (Å²) < 4.78 is 5.45. The Morgan fingerprint density at radius 2 is 1.72 bits per heavy atom. The molecule has 2 aromatic carbocycles. The van der Waals surface area contributed by atoms with Crippen molar-refractivity contribution in [1.82, 2.24) is 4.90 Å². The van der Waals surface area contributed by atoms with E-state index < -0.39 is 11.7 Å². The Morgan fingerprint density at radius 3 is 2.41 bits per heavy atom. The smallest absolute Gasteiger partial charge is 0.412 e. The Kier molecular flexibility index (Phi) is 7.32. The van der Waals surface area contributed by atoms with Crippen molar-refractivity contribution in [1.29, 1.82) is 0 Å². The van der Waals surface area contributed by atoms with E-state index in [2.05, 4.69) is 46.6 Å². The third-order valence-electron chi connectivity index (χ3n) is 5.21. The average Bonchev–Trinajstić information content (AvgIpc) is 2.68. The maximum Gasteiger partial charge on any atom is 0.412 e. The van der Waals surface area contributed by atoms with Crippen molar-refractivity contribution >= 4 is 11.8 Å². The molecule has 0 spiro atoms. The number of rotatable bonds is 6. The molecule has 29 heavy (non-hydrogen) atoms. The van der Waals surface area contributed by atoms with Gasteiger partial charge in [-0.1, -0.05) is 48.9 Å². The number of nitrogens with zero attached hydrogens (tertiary/aromatic N) is 1. The number of anilines is 1. The van der Waals surface area contributed by atoms with E-state index in [1.165, 1.54) is 43.5 Å². The number of likely N-dealkylation sites (tertiary alicyclic amines) is 1. The standard InChI is InChI=1S/C25H34N2O2/c1-25(2,3)29-24(28)26-23-13-12-21(14-17-27-15-8-5-9-16-27)19-22(23)18-20-10-6-4-7-11-20/h4,6-7,10-13,19H,5,8-9,14-18H2,1-3H3,(H,26,28). The second-order valence-electron chi connectivity index (χ2n) is 8.93. The van der Waals surface area contributed by atoms with E-state index in [-0.39, 0.29) is 0 Å². The highest BCUT2D eigenvalue weighted by atomic mass is 16.6. The lowest BCUT2D eigenvalue weighted by Gasteiger charge is -2.26. The molecule has 2 aromatic rings. The topological polar surface area (TPSA) is 41.6 Å². The number of nitrogens with one attached hydrogen (secondary N) is 1. The van der Waals surface area contributed by atoms with Gasteiger partial charge in [0.15, 0.2) is 0 Å². The summed E-state index contributed by atoms with van der Waals surface area (Å²) >= 11 is 0. The van der Waals surface area contributed by atoms with Gasteiger partial charge in [0, 0.05) is 12.2 Å². The number of ether oxygens (including phenoxy) is 1. The van der Waals surface area contributed by atoms with Gasteiger partial charge in [0.2, 0.25) is 0 Å². The van der Waals surface area contributed by atoms with Gasteiger partial charge in [0.25, 0.3) is 0 Å². The Hall–Kier alpha value is -2.33. The largest absolute Gasteiger partial charge is 0.444 e. The molecule has 4 heteroatoms. The fourth-order valence-corrected chi connectivity index (χ4v) is 3.77. The number of amides is 1. The first-order valence-corrected chi connectivity index (χ1v) is 10.8. The molecule has 0 bridgehead atoms. The summed E-state index contributed by atoms with van der Waals surface area (Å²) in [5.41, 5.74) is 3.98. The van der Waals surface area contributed by atoms with E-state index in [0.29, 0.717) is 0 Å². The normalized spacial score (nSPS) is 15.1. The second kappa shape index (κ2) is 9.93. The SMILES string of the molecule is CC(C)(C)OC(=O)Nc1ccc(CCN2CCCCC2)cc1Cc1ccccc1. The zero-order valence-electron chi connectivity index (χ0n) is 18.0. The van der Waals surface area contributed by atoms with Crippen LogP contribution in [0.3, 0.4) is 0 Å². The summed E-state index contributed by atoms with van der Waals surface area (Å²) in [4.78, 5) is 14.9. The number of carbonyl (C=O) groups is 1. The van der Waals surface area contributed by atoms with Gasteiger partial charge in [-0.25, -0.2) is 4.79 Å². The molecule has 1 saturated heterocycles. The molecule has 1 fully saturated rings. The molecule has 4 nitrogen and oxygen atoms in total. The van der Waals surface area contributed by atoms with Crippen molar-refractivity contribution in [3.63, 3.8) is 0 Å². The lowest BCUT2D eigenvalue weighted by atomic mass is 9.99. The van der Waals surface area contributed by atoms with Crippen molar-refractivity contribution < 1.29 is 9.53 Å². The molecule has 1 aliphatic heterocycles. The minimum atomic E-state index is -0.516. The predicted molar refractivity (Wildman–Crippen MR) is 120 cm³/mol. The Morgan fingerprint density at radius 1 is 1.00 bits per heavy atom. The van der Waals surface area contributed by atoms with Crippen molar-refractivity contribution in [3.8, 4) is 0 Å². The maximum absolute atomic E-state index is 12.3. The zero-order valence-corrected chi connectivity index (χ0v) is 18.0. The maximum atomic E-state index is 12.3. The molecule has 0 unspecified atom stereocenters. The molecule has 0 saturated carbocycles.